The minimum absolute atomic E-state index is 0.237. The summed E-state index contributed by atoms with van der Waals surface area (Å²) >= 11 is 0. The molecular formula is C11H14N6O. The van der Waals surface area contributed by atoms with E-state index in [1.54, 1.807) is 24.5 Å². The average molecular weight is 246 g/mol. The zero-order valence-electron chi connectivity index (χ0n) is 9.68. The highest BCUT2D eigenvalue weighted by Gasteiger charge is 2.07. The second-order valence-electron chi connectivity index (χ2n) is 3.62. The molecule has 0 aliphatic rings. The molecule has 2 rings (SSSR count). The molecule has 0 spiro atoms. The maximum absolute atomic E-state index is 11.8. The Labute approximate surface area is 104 Å². The SMILES string of the molecule is NNc1ccnc(C(=O)NCCc2ncc[nH]2)c1. The first kappa shape index (κ1) is 12.1. The predicted octanol–water partition coefficient (Wildman–Crippen LogP) is 0.0628. The Morgan fingerprint density at radius 3 is 3.00 bits per heavy atom. The van der Waals surface area contributed by atoms with Gasteiger partial charge in [-0.15, -0.1) is 0 Å². The number of hydrazine groups is 1. The lowest BCUT2D eigenvalue weighted by molar-refractivity contribution is 0.0949. The molecule has 0 saturated heterocycles. The van der Waals surface area contributed by atoms with Crippen LogP contribution in [0.25, 0.3) is 0 Å². The van der Waals surface area contributed by atoms with Crippen LogP contribution in [0.4, 0.5) is 5.69 Å². The molecule has 0 atom stereocenters. The minimum atomic E-state index is -0.237. The van der Waals surface area contributed by atoms with Crippen LogP contribution in [0, 0.1) is 0 Å². The molecule has 0 aliphatic heterocycles. The van der Waals surface area contributed by atoms with E-state index in [4.69, 9.17) is 5.84 Å². The number of H-pyrrole nitrogens is 1. The van der Waals surface area contributed by atoms with E-state index in [1.807, 2.05) is 0 Å². The molecule has 0 fully saturated rings. The van der Waals surface area contributed by atoms with Gasteiger partial charge in [-0.25, -0.2) is 4.98 Å². The lowest BCUT2D eigenvalue weighted by atomic mass is 10.3. The smallest absolute Gasteiger partial charge is 0.269 e. The summed E-state index contributed by atoms with van der Waals surface area (Å²) in [7, 11) is 0. The van der Waals surface area contributed by atoms with Crippen LogP contribution < -0.4 is 16.6 Å². The monoisotopic (exact) mass is 246 g/mol. The Hall–Kier alpha value is -2.41. The molecule has 18 heavy (non-hydrogen) atoms. The molecule has 2 heterocycles. The number of nitrogens with two attached hydrogens (primary N) is 1. The number of anilines is 1. The van der Waals surface area contributed by atoms with Crippen molar-refractivity contribution in [3.8, 4) is 0 Å². The zero-order valence-corrected chi connectivity index (χ0v) is 9.68. The number of carbonyl (C=O) groups excluding carboxylic acids is 1. The number of aromatic nitrogens is 3. The molecule has 7 heteroatoms. The van der Waals surface area contributed by atoms with E-state index >= 15 is 0 Å². The fourth-order valence-electron chi connectivity index (χ4n) is 1.46. The molecule has 2 aromatic heterocycles. The number of nitrogen functional groups attached to an aromatic ring is 1. The van der Waals surface area contributed by atoms with Gasteiger partial charge < -0.3 is 15.7 Å². The normalized spacial score (nSPS) is 10.1. The fraction of sp³-hybridized carbons (Fsp3) is 0.182. The minimum Gasteiger partial charge on any atom is -0.350 e. The molecule has 1 amide bonds. The summed E-state index contributed by atoms with van der Waals surface area (Å²) in [5.41, 5.74) is 3.43. The van der Waals surface area contributed by atoms with Crippen molar-refractivity contribution in [2.45, 2.75) is 6.42 Å². The van der Waals surface area contributed by atoms with Gasteiger partial charge in [-0.1, -0.05) is 0 Å². The highest BCUT2D eigenvalue weighted by Crippen LogP contribution is 2.05. The lowest BCUT2D eigenvalue weighted by Gasteiger charge is -2.05. The molecule has 94 valence electrons. The van der Waals surface area contributed by atoms with Gasteiger partial charge in [-0.05, 0) is 12.1 Å². The first-order valence-electron chi connectivity index (χ1n) is 5.48. The van der Waals surface area contributed by atoms with Crippen molar-refractivity contribution in [3.63, 3.8) is 0 Å². The first-order valence-corrected chi connectivity index (χ1v) is 5.48. The number of hydrogen-bond donors (Lipinski definition) is 4. The van der Waals surface area contributed by atoms with E-state index in [1.165, 1.54) is 6.20 Å². The lowest BCUT2D eigenvalue weighted by Crippen LogP contribution is -2.27. The molecule has 7 nitrogen and oxygen atoms in total. The van der Waals surface area contributed by atoms with Crippen molar-refractivity contribution in [1.29, 1.82) is 0 Å². The van der Waals surface area contributed by atoms with E-state index in [-0.39, 0.29) is 5.91 Å². The number of aromatic amines is 1. The van der Waals surface area contributed by atoms with Crippen molar-refractivity contribution >= 4 is 11.6 Å². The quantitative estimate of drug-likeness (QED) is 0.441. The molecule has 0 saturated carbocycles. The largest absolute Gasteiger partial charge is 0.350 e. The molecule has 0 aliphatic carbocycles. The van der Waals surface area contributed by atoms with Gasteiger partial charge in [0.2, 0.25) is 0 Å². The predicted molar refractivity (Wildman–Crippen MR) is 66.7 cm³/mol. The van der Waals surface area contributed by atoms with Crippen molar-refractivity contribution in [3.05, 3.63) is 42.2 Å². The molecule has 0 aromatic carbocycles. The highest BCUT2D eigenvalue weighted by atomic mass is 16.1. The fourth-order valence-corrected chi connectivity index (χ4v) is 1.46. The van der Waals surface area contributed by atoms with Gasteiger partial charge in [-0.2, -0.15) is 0 Å². The van der Waals surface area contributed by atoms with Gasteiger partial charge in [0.15, 0.2) is 0 Å². The summed E-state index contributed by atoms with van der Waals surface area (Å²) in [6.45, 7) is 0.494. The number of nitrogens with zero attached hydrogens (tertiary/aromatic N) is 2. The summed E-state index contributed by atoms with van der Waals surface area (Å²) in [6, 6.07) is 3.27. The number of imidazole rings is 1. The van der Waals surface area contributed by atoms with Crippen molar-refractivity contribution in [1.82, 2.24) is 20.3 Å². The van der Waals surface area contributed by atoms with E-state index < -0.39 is 0 Å². The van der Waals surface area contributed by atoms with E-state index in [0.717, 1.165) is 5.82 Å². The number of hydrogen-bond acceptors (Lipinski definition) is 5. The maximum Gasteiger partial charge on any atom is 0.269 e. The summed E-state index contributed by atoms with van der Waals surface area (Å²) < 4.78 is 0. The van der Waals surface area contributed by atoms with E-state index in [0.29, 0.717) is 24.3 Å². The zero-order chi connectivity index (χ0) is 12.8. The third kappa shape index (κ3) is 3.05. The Morgan fingerprint density at radius 2 is 2.28 bits per heavy atom. The highest BCUT2D eigenvalue weighted by molar-refractivity contribution is 5.93. The van der Waals surface area contributed by atoms with Crippen molar-refractivity contribution in [2.75, 3.05) is 12.0 Å². The van der Waals surface area contributed by atoms with Gasteiger partial charge in [0.1, 0.15) is 11.5 Å². The topological polar surface area (TPSA) is 109 Å². The van der Waals surface area contributed by atoms with Crippen LogP contribution >= 0.6 is 0 Å². The standard InChI is InChI=1S/C11H14N6O/c12-17-8-1-3-13-9(7-8)11(18)16-4-2-10-14-5-6-15-10/h1,3,5-7H,2,4,12H2,(H,13,17)(H,14,15)(H,16,18). The number of nitrogens with one attached hydrogen (secondary N) is 3. The summed E-state index contributed by atoms with van der Waals surface area (Å²) in [4.78, 5) is 22.8. The van der Waals surface area contributed by atoms with Gasteiger partial charge >= 0.3 is 0 Å². The van der Waals surface area contributed by atoms with Crippen LogP contribution in [0.3, 0.4) is 0 Å². The number of carbonyl (C=O) groups is 1. The molecule has 2 aromatic rings. The molecule has 5 N–H and O–H groups in total. The van der Waals surface area contributed by atoms with Gasteiger partial charge in [-0.3, -0.25) is 15.6 Å². The maximum atomic E-state index is 11.8. The Kier molecular flexibility index (Phi) is 3.87. The second-order valence-corrected chi connectivity index (χ2v) is 3.62. The third-order valence-electron chi connectivity index (χ3n) is 2.36. The summed E-state index contributed by atoms with van der Waals surface area (Å²) in [6.07, 6.45) is 5.59. The number of rotatable bonds is 5. The van der Waals surface area contributed by atoms with Crippen LogP contribution in [-0.2, 0) is 6.42 Å². The van der Waals surface area contributed by atoms with Gasteiger partial charge in [0.05, 0.1) is 5.69 Å². The molecule has 0 unspecified atom stereocenters. The Balaban J connectivity index is 1.87. The van der Waals surface area contributed by atoms with Crippen molar-refractivity contribution in [2.24, 2.45) is 5.84 Å². The van der Waals surface area contributed by atoms with Gasteiger partial charge in [0, 0.05) is 31.6 Å². The van der Waals surface area contributed by atoms with Crippen LogP contribution in [0.1, 0.15) is 16.3 Å². The Morgan fingerprint density at radius 1 is 1.39 bits per heavy atom. The second kappa shape index (κ2) is 5.78. The van der Waals surface area contributed by atoms with Crippen LogP contribution in [0.2, 0.25) is 0 Å². The summed E-state index contributed by atoms with van der Waals surface area (Å²) in [5.74, 6) is 5.86. The summed E-state index contributed by atoms with van der Waals surface area (Å²) in [5, 5.41) is 2.76. The Bertz CT molecular complexity index is 510. The number of amides is 1. The van der Waals surface area contributed by atoms with E-state index in [2.05, 4.69) is 25.7 Å². The molecular weight excluding hydrogens is 232 g/mol. The van der Waals surface area contributed by atoms with Crippen LogP contribution in [-0.4, -0.2) is 27.4 Å². The first-order chi connectivity index (χ1) is 8.79. The van der Waals surface area contributed by atoms with Crippen molar-refractivity contribution < 1.29 is 4.79 Å². The molecule has 0 radical (unpaired) electrons. The van der Waals surface area contributed by atoms with Crippen LogP contribution in [0.5, 0.6) is 0 Å². The third-order valence-corrected chi connectivity index (χ3v) is 2.36. The van der Waals surface area contributed by atoms with E-state index in [9.17, 15) is 4.79 Å². The van der Waals surface area contributed by atoms with Crippen LogP contribution in [0.15, 0.2) is 30.7 Å². The van der Waals surface area contributed by atoms with Gasteiger partial charge in [0.25, 0.3) is 5.91 Å². The molecule has 0 bridgehead atoms. The number of pyridine rings is 1. The average Bonchev–Trinajstić information content (AvgIpc) is 2.92.